The predicted molar refractivity (Wildman–Crippen MR) is 67.9 cm³/mol. The first kappa shape index (κ1) is 13.6. The predicted octanol–water partition coefficient (Wildman–Crippen LogP) is 1.83. The number of carbonyl (C=O) groups is 1. The van der Waals surface area contributed by atoms with Crippen LogP contribution in [-0.4, -0.2) is 30.4 Å². The van der Waals surface area contributed by atoms with Gasteiger partial charge in [0.1, 0.15) is 5.60 Å². The molecule has 2 unspecified atom stereocenters. The molecule has 2 rings (SSSR count). The Morgan fingerprint density at radius 1 is 1.33 bits per heavy atom. The number of carbonyl (C=O) groups excluding carboxylic acids is 1. The minimum atomic E-state index is -0.456. The third-order valence-corrected chi connectivity index (χ3v) is 3.53. The quantitative estimate of drug-likeness (QED) is 0.740. The van der Waals surface area contributed by atoms with Crippen molar-refractivity contribution in [2.24, 2.45) is 11.8 Å². The average molecular weight is 256 g/mol. The van der Waals surface area contributed by atoms with Crippen LogP contribution in [0.5, 0.6) is 0 Å². The van der Waals surface area contributed by atoms with Crippen molar-refractivity contribution in [1.29, 1.82) is 0 Å². The van der Waals surface area contributed by atoms with Gasteiger partial charge in [0.05, 0.1) is 6.10 Å². The van der Waals surface area contributed by atoms with Gasteiger partial charge in [-0.2, -0.15) is 0 Å². The summed E-state index contributed by atoms with van der Waals surface area (Å²) in [7, 11) is 0. The monoisotopic (exact) mass is 256 g/mol. The van der Waals surface area contributed by atoms with Crippen LogP contribution in [-0.2, 0) is 9.47 Å². The van der Waals surface area contributed by atoms with Crippen LogP contribution in [0, 0.1) is 11.8 Å². The summed E-state index contributed by atoms with van der Waals surface area (Å²) in [6.45, 7) is 8.50. The van der Waals surface area contributed by atoms with Gasteiger partial charge in [0, 0.05) is 12.6 Å². The van der Waals surface area contributed by atoms with Crippen molar-refractivity contribution in [3.8, 4) is 0 Å². The Balaban J connectivity index is 1.71. The highest BCUT2D eigenvalue weighted by Crippen LogP contribution is 2.46. The Kier molecular flexibility index (Phi) is 3.82. The second-order valence-electron chi connectivity index (χ2n) is 6.33. The standard InChI is InChI=1S/C13H24N2O3/c1-8-7-10-9(5-6-17-8)11(10)14-15-12(16)18-13(2,3)4/h8-11,14H,5-7H2,1-4H3,(H,15,16)/t8-,9-,10?,11?/m1/s1. The van der Waals surface area contributed by atoms with Crippen molar-refractivity contribution in [3.63, 3.8) is 0 Å². The maximum atomic E-state index is 11.5. The lowest BCUT2D eigenvalue weighted by Crippen LogP contribution is -2.43. The average Bonchev–Trinajstić information content (AvgIpc) is 2.87. The third kappa shape index (κ3) is 3.59. The second kappa shape index (κ2) is 5.05. The Bertz CT molecular complexity index is 314. The van der Waals surface area contributed by atoms with Crippen LogP contribution in [0.3, 0.4) is 0 Å². The number of fused-ring (bicyclic) bond motifs is 1. The fourth-order valence-electron chi connectivity index (χ4n) is 2.68. The van der Waals surface area contributed by atoms with Crippen LogP contribution in [0.15, 0.2) is 0 Å². The van der Waals surface area contributed by atoms with Gasteiger partial charge in [-0.05, 0) is 52.4 Å². The third-order valence-electron chi connectivity index (χ3n) is 3.53. The molecule has 4 atom stereocenters. The molecule has 1 saturated carbocycles. The van der Waals surface area contributed by atoms with Gasteiger partial charge in [0.25, 0.3) is 0 Å². The van der Waals surface area contributed by atoms with Crippen LogP contribution in [0.4, 0.5) is 4.79 Å². The number of nitrogens with one attached hydrogen (secondary N) is 2. The first-order chi connectivity index (χ1) is 8.37. The molecular weight excluding hydrogens is 232 g/mol. The highest BCUT2D eigenvalue weighted by molar-refractivity contribution is 5.67. The van der Waals surface area contributed by atoms with E-state index in [2.05, 4.69) is 17.8 Å². The van der Waals surface area contributed by atoms with Crippen molar-refractivity contribution >= 4 is 6.09 Å². The number of amides is 1. The minimum Gasteiger partial charge on any atom is -0.443 e. The molecule has 1 heterocycles. The van der Waals surface area contributed by atoms with Crippen LogP contribution in [0.1, 0.15) is 40.5 Å². The van der Waals surface area contributed by atoms with Crippen molar-refractivity contribution in [2.45, 2.75) is 58.3 Å². The van der Waals surface area contributed by atoms with Gasteiger partial charge in [-0.1, -0.05) is 0 Å². The second-order valence-corrected chi connectivity index (χ2v) is 6.33. The molecule has 2 fully saturated rings. The van der Waals surface area contributed by atoms with Crippen molar-refractivity contribution in [3.05, 3.63) is 0 Å². The summed E-state index contributed by atoms with van der Waals surface area (Å²) in [5, 5.41) is 0. The summed E-state index contributed by atoms with van der Waals surface area (Å²) in [6.07, 6.45) is 2.06. The van der Waals surface area contributed by atoms with Crippen LogP contribution < -0.4 is 10.9 Å². The molecule has 0 bridgehead atoms. The van der Waals surface area contributed by atoms with Crippen LogP contribution in [0.25, 0.3) is 0 Å². The topological polar surface area (TPSA) is 59.6 Å². The van der Waals surface area contributed by atoms with Crippen molar-refractivity contribution < 1.29 is 14.3 Å². The van der Waals surface area contributed by atoms with E-state index in [1.54, 1.807) is 0 Å². The largest absolute Gasteiger partial charge is 0.443 e. The number of hydrogen-bond donors (Lipinski definition) is 2. The minimum absolute atomic E-state index is 0.327. The zero-order chi connectivity index (χ0) is 13.3. The molecule has 0 radical (unpaired) electrons. The van der Waals surface area contributed by atoms with E-state index in [4.69, 9.17) is 9.47 Å². The molecule has 18 heavy (non-hydrogen) atoms. The SMILES string of the molecule is C[C@@H]1CC2C(NNC(=O)OC(C)(C)C)[C@@H]2CCO1. The normalized spacial score (nSPS) is 35.3. The molecule has 0 spiro atoms. The zero-order valence-electron chi connectivity index (χ0n) is 11.7. The Labute approximate surface area is 109 Å². The first-order valence-electron chi connectivity index (χ1n) is 6.73. The number of hydrazine groups is 1. The van der Waals surface area contributed by atoms with E-state index in [1.807, 2.05) is 20.8 Å². The van der Waals surface area contributed by atoms with Crippen molar-refractivity contribution in [2.75, 3.05) is 6.61 Å². The van der Waals surface area contributed by atoms with Crippen LogP contribution >= 0.6 is 0 Å². The molecule has 1 amide bonds. The highest BCUT2D eigenvalue weighted by atomic mass is 16.6. The molecular formula is C13H24N2O3. The van der Waals surface area contributed by atoms with Gasteiger partial charge in [0.15, 0.2) is 0 Å². The Morgan fingerprint density at radius 2 is 2.06 bits per heavy atom. The summed E-state index contributed by atoms with van der Waals surface area (Å²) < 4.78 is 10.8. The molecule has 5 heteroatoms. The van der Waals surface area contributed by atoms with Gasteiger partial charge < -0.3 is 9.47 Å². The molecule has 0 aromatic rings. The van der Waals surface area contributed by atoms with Gasteiger partial charge in [-0.3, -0.25) is 5.43 Å². The van der Waals surface area contributed by atoms with Gasteiger partial charge >= 0.3 is 6.09 Å². The molecule has 5 nitrogen and oxygen atoms in total. The summed E-state index contributed by atoms with van der Waals surface area (Å²) in [4.78, 5) is 11.5. The smallest absolute Gasteiger partial charge is 0.422 e. The summed E-state index contributed by atoms with van der Waals surface area (Å²) >= 11 is 0. The van der Waals surface area contributed by atoms with E-state index in [0.717, 1.165) is 19.4 Å². The number of rotatable bonds is 2. The summed E-state index contributed by atoms with van der Waals surface area (Å²) in [6, 6.07) is 0.379. The van der Waals surface area contributed by atoms with E-state index in [9.17, 15) is 4.79 Å². The fourth-order valence-corrected chi connectivity index (χ4v) is 2.68. The molecule has 1 aliphatic carbocycles. The lowest BCUT2D eigenvalue weighted by molar-refractivity contribution is 0.0482. The maximum Gasteiger partial charge on any atom is 0.422 e. The molecule has 104 valence electrons. The molecule has 0 aromatic heterocycles. The molecule has 2 aliphatic rings. The molecule has 1 saturated heterocycles. The molecule has 2 N–H and O–H groups in total. The van der Waals surface area contributed by atoms with Gasteiger partial charge in [-0.25, -0.2) is 10.2 Å². The summed E-state index contributed by atoms with van der Waals surface area (Å²) in [5.41, 5.74) is 5.27. The summed E-state index contributed by atoms with van der Waals surface area (Å²) in [5.74, 6) is 1.25. The number of ether oxygens (including phenoxy) is 2. The zero-order valence-corrected chi connectivity index (χ0v) is 11.7. The Morgan fingerprint density at radius 3 is 2.72 bits per heavy atom. The van der Waals surface area contributed by atoms with E-state index in [-0.39, 0.29) is 0 Å². The number of hydrogen-bond acceptors (Lipinski definition) is 4. The van der Waals surface area contributed by atoms with Crippen molar-refractivity contribution in [1.82, 2.24) is 10.9 Å². The van der Waals surface area contributed by atoms with Gasteiger partial charge in [-0.15, -0.1) is 0 Å². The Hall–Kier alpha value is -0.810. The van der Waals surface area contributed by atoms with Gasteiger partial charge in [0.2, 0.25) is 0 Å². The fraction of sp³-hybridized carbons (Fsp3) is 0.923. The lowest BCUT2D eigenvalue weighted by Gasteiger charge is -2.20. The lowest BCUT2D eigenvalue weighted by atomic mass is 10.2. The van der Waals surface area contributed by atoms with E-state index >= 15 is 0 Å². The maximum absolute atomic E-state index is 11.5. The van der Waals surface area contributed by atoms with E-state index in [1.165, 1.54) is 0 Å². The van der Waals surface area contributed by atoms with E-state index < -0.39 is 11.7 Å². The van der Waals surface area contributed by atoms with E-state index in [0.29, 0.717) is 24.0 Å². The highest BCUT2D eigenvalue weighted by Gasteiger charge is 2.51. The molecule has 0 aromatic carbocycles. The molecule has 1 aliphatic heterocycles. The first-order valence-corrected chi connectivity index (χ1v) is 6.73. The van der Waals surface area contributed by atoms with Crippen LogP contribution in [0.2, 0.25) is 0 Å².